The Kier molecular flexibility index (Phi) is 2.37. The first-order valence-electron chi connectivity index (χ1n) is 5.37. The molecule has 0 amide bonds. The van der Waals surface area contributed by atoms with E-state index in [9.17, 15) is 0 Å². The normalized spacial score (nSPS) is 10.9. The van der Waals surface area contributed by atoms with Crippen LogP contribution in [0.1, 0.15) is 5.56 Å². The van der Waals surface area contributed by atoms with Crippen LogP contribution in [-0.2, 0) is 0 Å². The van der Waals surface area contributed by atoms with E-state index in [-0.39, 0.29) is 0 Å². The van der Waals surface area contributed by atoms with Crippen LogP contribution in [0.25, 0.3) is 22.6 Å². The molecule has 0 saturated heterocycles. The predicted octanol–water partition coefficient (Wildman–Crippen LogP) is 4.46. The number of aryl methyl sites for hydroxylation is 1. The number of aromatic nitrogens is 1. The van der Waals surface area contributed by atoms with E-state index >= 15 is 0 Å². The van der Waals surface area contributed by atoms with Crippen molar-refractivity contribution in [3.05, 3.63) is 53.1 Å². The van der Waals surface area contributed by atoms with Crippen molar-refractivity contribution in [1.82, 2.24) is 4.98 Å². The van der Waals surface area contributed by atoms with Crippen molar-refractivity contribution in [2.45, 2.75) is 6.92 Å². The summed E-state index contributed by atoms with van der Waals surface area (Å²) in [6, 6.07) is 13.5. The first kappa shape index (κ1) is 10.4. The van der Waals surface area contributed by atoms with E-state index in [1.165, 1.54) is 0 Å². The van der Waals surface area contributed by atoms with Gasteiger partial charge in [0.1, 0.15) is 5.52 Å². The molecule has 1 aromatic heterocycles. The lowest BCUT2D eigenvalue weighted by Gasteiger charge is -2.01. The van der Waals surface area contributed by atoms with Gasteiger partial charge in [0.2, 0.25) is 5.89 Å². The Morgan fingerprint density at radius 1 is 1.06 bits per heavy atom. The highest BCUT2D eigenvalue weighted by Crippen LogP contribution is 2.31. The highest BCUT2D eigenvalue weighted by Gasteiger charge is 2.11. The number of para-hydroxylation sites is 2. The zero-order valence-corrected chi connectivity index (χ0v) is 10.0. The summed E-state index contributed by atoms with van der Waals surface area (Å²) in [7, 11) is 0. The van der Waals surface area contributed by atoms with Gasteiger partial charge in [0.25, 0.3) is 0 Å². The summed E-state index contributed by atoms with van der Waals surface area (Å²) in [5, 5.41) is 0.694. The van der Waals surface area contributed by atoms with E-state index < -0.39 is 0 Å². The molecule has 3 heteroatoms. The van der Waals surface area contributed by atoms with Crippen molar-refractivity contribution in [1.29, 1.82) is 0 Å². The minimum absolute atomic E-state index is 0.569. The largest absolute Gasteiger partial charge is 0.436 e. The Morgan fingerprint density at radius 3 is 2.71 bits per heavy atom. The molecule has 0 atom stereocenters. The monoisotopic (exact) mass is 243 g/mol. The molecule has 0 radical (unpaired) electrons. The fourth-order valence-corrected chi connectivity index (χ4v) is 2.01. The molecule has 0 aliphatic heterocycles. The molecule has 0 saturated carbocycles. The maximum Gasteiger partial charge on any atom is 0.228 e. The Labute approximate surface area is 104 Å². The minimum Gasteiger partial charge on any atom is -0.436 e. The second-order valence-electron chi connectivity index (χ2n) is 3.92. The number of hydrogen-bond acceptors (Lipinski definition) is 2. The van der Waals surface area contributed by atoms with Gasteiger partial charge in [-0.1, -0.05) is 35.9 Å². The number of oxazole rings is 1. The summed E-state index contributed by atoms with van der Waals surface area (Å²) in [6.07, 6.45) is 0. The first-order valence-corrected chi connectivity index (χ1v) is 5.74. The van der Waals surface area contributed by atoms with E-state index in [4.69, 9.17) is 16.0 Å². The molecule has 1 heterocycles. The van der Waals surface area contributed by atoms with Gasteiger partial charge in [-0.25, -0.2) is 4.98 Å². The van der Waals surface area contributed by atoms with Gasteiger partial charge in [0, 0.05) is 0 Å². The summed E-state index contributed by atoms with van der Waals surface area (Å²) < 4.78 is 5.69. The van der Waals surface area contributed by atoms with Gasteiger partial charge in [-0.05, 0) is 30.7 Å². The second kappa shape index (κ2) is 3.90. The van der Waals surface area contributed by atoms with Gasteiger partial charge in [0.15, 0.2) is 5.58 Å². The summed E-state index contributed by atoms with van der Waals surface area (Å²) in [4.78, 5) is 4.43. The van der Waals surface area contributed by atoms with Crippen LogP contribution in [0.2, 0.25) is 5.02 Å². The van der Waals surface area contributed by atoms with Crippen LogP contribution in [0.4, 0.5) is 0 Å². The first-order chi connectivity index (χ1) is 8.25. The van der Waals surface area contributed by atoms with E-state index in [0.717, 1.165) is 22.2 Å². The van der Waals surface area contributed by atoms with Crippen LogP contribution in [0.15, 0.2) is 46.9 Å². The number of hydrogen-bond donors (Lipinski definition) is 0. The molecule has 84 valence electrons. The smallest absolute Gasteiger partial charge is 0.228 e. The van der Waals surface area contributed by atoms with Crippen molar-refractivity contribution >= 4 is 22.7 Å². The molecule has 3 aromatic rings. The Morgan fingerprint density at radius 2 is 1.88 bits per heavy atom. The summed E-state index contributed by atoms with van der Waals surface area (Å²) in [6.45, 7) is 1.97. The van der Waals surface area contributed by atoms with Gasteiger partial charge in [-0.3, -0.25) is 0 Å². The highest BCUT2D eigenvalue weighted by atomic mass is 35.5. The standard InChI is InChI=1S/C14H10ClNO/c1-9-5-4-6-10(13(9)15)14-16-11-7-2-3-8-12(11)17-14/h2-8H,1H3. The molecule has 0 bridgehead atoms. The molecule has 2 aromatic carbocycles. The average molecular weight is 244 g/mol. The molecule has 0 N–H and O–H groups in total. The van der Waals surface area contributed by atoms with Gasteiger partial charge in [-0.15, -0.1) is 0 Å². The summed E-state index contributed by atoms with van der Waals surface area (Å²) in [5.41, 5.74) is 3.48. The zero-order chi connectivity index (χ0) is 11.8. The molecule has 0 spiro atoms. The Balaban J connectivity index is 2.24. The average Bonchev–Trinajstić information content (AvgIpc) is 2.76. The highest BCUT2D eigenvalue weighted by molar-refractivity contribution is 6.33. The van der Waals surface area contributed by atoms with Gasteiger partial charge in [-0.2, -0.15) is 0 Å². The molecule has 0 aliphatic carbocycles. The lowest BCUT2D eigenvalue weighted by atomic mass is 10.1. The number of halogens is 1. The topological polar surface area (TPSA) is 26.0 Å². The van der Waals surface area contributed by atoms with E-state index in [1.54, 1.807) is 0 Å². The molecular formula is C14H10ClNO. The van der Waals surface area contributed by atoms with Crippen molar-refractivity contribution in [3.63, 3.8) is 0 Å². The number of fused-ring (bicyclic) bond motifs is 1. The molecule has 0 unspecified atom stereocenters. The van der Waals surface area contributed by atoms with Crippen LogP contribution in [0.5, 0.6) is 0 Å². The van der Waals surface area contributed by atoms with Crippen LogP contribution < -0.4 is 0 Å². The predicted molar refractivity (Wildman–Crippen MR) is 69.2 cm³/mol. The molecule has 0 aliphatic rings. The zero-order valence-electron chi connectivity index (χ0n) is 9.27. The van der Waals surface area contributed by atoms with E-state index in [1.807, 2.05) is 49.4 Å². The lowest BCUT2D eigenvalue weighted by Crippen LogP contribution is -1.82. The van der Waals surface area contributed by atoms with Crippen LogP contribution in [0, 0.1) is 6.92 Å². The third-order valence-corrected chi connectivity index (χ3v) is 3.22. The van der Waals surface area contributed by atoms with E-state index in [2.05, 4.69) is 4.98 Å². The summed E-state index contributed by atoms with van der Waals surface area (Å²) in [5.74, 6) is 0.569. The third-order valence-electron chi connectivity index (χ3n) is 2.72. The summed E-state index contributed by atoms with van der Waals surface area (Å²) >= 11 is 6.26. The van der Waals surface area contributed by atoms with E-state index in [0.29, 0.717) is 10.9 Å². The molecule has 17 heavy (non-hydrogen) atoms. The quantitative estimate of drug-likeness (QED) is 0.631. The molecular weight excluding hydrogens is 234 g/mol. The third kappa shape index (κ3) is 1.71. The molecule has 0 fully saturated rings. The number of benzene rings is 2. The Bertz CT molecular complexity index is 655. The van der Waals surface area contributed by atoms with Crippen LogP contribution in [0.3, 0.4) is 0 Å². The van der Waals surface area contributed by atoms with Crippen LogP contribution in [-0.4, -0.2) is 4.98 Å². The SMILES string of the molecule is Cc1cccc(-c2nc3ccccc3o2)c1Cl. The maximum atomic E-state index is 6.26. The van der Waals surface area contributed by atoms with Crippen molar-refractivity contribution in [2.75, 3.05) is 0 Å². The van der Waals surface area contributed by atoms with Gasteiger partial charge >= 0.3 is 0 Å². The van der Waals surface area contributed by atoms with Crippen molar-refractivity contribution < 1.29 is 4.42 Å². The fourth-order valence-electron chi connectivity index (χ4n) is 1.80. The van der Waals surface area contributed by atoms with Gasteiger partial charge in [0.05, 0.1) is 10.6 Å². The van der Waals surface area contributed by atoms with Crippen molar-refractivity contribution in [3.8, 4) is 11.5 Å². The lowest BCUT2D eigenvalue weighted by molar-refractivity contribution is 0.620. The van der Waals surface area contributed by atoms with Crippen molar-refractivity contribution in [2.24, 2.45) is 0 Å². The number of rotatable bonds is 1. The number of nitrogens with zero attached hydrogens (tertiary/aromatic N) is 1. The minimum atomic E-state index is 0.569. The fraction of sp³-hybridized carbons (Fsp3) is 0.0714. The Hall–Kier alpha value is -1.80. The molecule has 3 rings (SSSR count). The van der Waals surface area contributed by atoms with Crippen LogP contribution >= 0.6 is 11.6 Å². The molecule has 2 nitrogen and oxygen atoms in total. The van der Waals surface area contributed by atoms with Gasteiger partial charge < -0.3 is 4.42 Å². The maximum absolute atomic E-state index is 6.26. The second-order valence-corrected chi connectivity index (χ2v) is 4.30.